The molecule has 2 N–H and O–H groups in total. The molecule has 0 spiro atoms. The molecule has 96 valence electrons. The van der Waals surface area contributed by atoms with Crippen LogP contribution in [0.4, 0.5) is 0 Å². The molecule has 3 rings (SSSR count). The summed E-state index contributed by atoms with van der Waals surface area (Å²) in [7, 11) is 0. The summed E-state index contributed by atoms with van der Waals surface area (Å²) in [5.74, 6) is 0.850. The van der Waals surface area contributed by atoms with Crippen LogP contribution in [0.3, 0.4) is 0 Å². The summed E-state index contributed by atoms with van der Waals surface area (Å²) in [5.41, 5.74) is 7.54. The molecule has 1 aliphatic heterocycles. The maximum absolute atomic E-state index is 5.72. The zero-order chi connectivity index (χ0) is 12.4. The molecule has 0 aliphatic carbocycles. The maximum atomic E-state index is 5.72. The zero-order valence-electron chi connectivity index (χ0n) is 10.4. The molecule has 5 nitrogen and oxygen atoms in total. The van der Waals surface area contributed by atoms with E-state index in [9.17, 15) is 0 Å². The Morgan fingerprint density at radius 2 is 2.33 bits per heavy atom. The van der Waals surface area contributed by atoms with Gasteiger partial charge in [-0.1, -0.05) is 6.07 Å². The quantitative estimate of drug-likeness (QED) is 0.886. The minimum atomic E-state index is 0.275. The molecule has 1 aliphatic rings. The highest BCUT2D eigenvalue weighted by molar-refractivity contribution is 5.38. The van der Waals surface area contributed by atoms with Crippen LogP contribution in [0.1, 0.15) is 30.8 Å². The van der Waals surface area contributed by atoms with Crippen molar-refractivity contribution in [1.82, 2.24) is 14.6 Å². The highest BCUT2D eigenvalue weighted by Gasteiger charge is 2.17. The van der Waals surface area contributed by atoms with Crippen molar-refractivity contribution < 1.29 is 4.74 Å². The summed E-state index contributed by atoms with van der Waals surface area (Å²) in [5, 5.41) is 4.52. The van der Waals surface area contributed by atoms with Gasteiger partial charge in [0.15, 0.2) is 11.5 Å². The van der Waals surface area contributed by atoms with Crippen LogP contribution in [-0.2, 0) is 17.7 Å². The van der Waals surface area contributed by atoms with Crippen molar-refractivity contribution >= 4 is 5.65 Å². The number of rotatable bonds is 3. The molecule has 2 aromatic heterocycles. The molecule has 1 unspecified atom stereocenters. The first kappa shape index (κ1) is 11.6. The minimum Gasteiger partial charge on any atom is -0.378 e. The lowest BCUT2D eigenvalue weighted by molar-refractivity contribution is 0.0157. The number of hydrogen-bond donors (Lipinski definition) is 1. The van der Waals surface area contributed by atoms with E-state index in [1.54, 1.807) is 0 Å². The molecule has 0 saturated carbocycles. The second-order valence-corrected chi connectivity index (χ2v) is 4.71. The Hall–Kier alpha value is -1.46. The minimum absolute atomic E-state index is 0.275. The van der Waals surface area contributed by atoms with Gasteiger partial charge in [0, 0.05) is 19.6 Å². The first-order valence-corrected chi connectivity index (χ1v) is 6.52. The van der Waals surface area contributed by atoms with Gasteiger partial charge in [0.05, 0.1) is 11.8 Å². The fraction of sp³-hybridized carbons (Fsp3) is 0.538. The van der Waals surface area contributed by atoms with E-state index in [2.05, 4.69) is 10.1 Å². The third kappa shape index (κ3) is 2.23. The summed E-state index contributed by atoms with van der Waals surface area (Å²) < 4.78 is 7.55. The summed E-state index contributed by atoms with van der Waals surface area (Å²) in [4.78, 5) is 4.53. The van der Waals surface area contributed by atoms with Gasteiger partial charge in [-0.15, -0.1) is 0 Å². The third-order valence-corrected chi connectivity index (χ3v) is 3.38. The Kier molecular flexibility index (Phi) is 3.25. The van der Waals surface area contributed by atoms with Crippen LogP contribution in [0.15, 0.2) is 18.2 Å². The van der Waals surface area contributed by atoms with Crippen LogP contribution >= 0.6 is 0 Å². The van der Waals surface area contributed by atoms with Crippen molar-refractivity contribution in [3.63, 3.8) is 0 Å². The molecular formula is C13H18N4O. The lowest BCUT2D eigenvalue weighted by Gasteiger charge is -2.21. The molecule has 0 aromatic carbocycles. The molecule has 0 amide bonds. The average Bonchev–Trinajstić information content (AvgIpc) is 2.82. The Morgan fingerprint density at radius 3 is 3.11 bits per heavy atom. The molecule has 2 aromatic rings. The second kappa shape index (κ2) is 5.04. The van der Waals surface area contributed by atoms with Crippen LogP contribution < -0.4 is 5.73 Å². The third-order valence-electron chi connectivity index (χ3n) is 3.38. The molecule has 1 fully saturated rings. The van der Waals surface area contributed by atoms with Crippen LogP contribution in [0, 0.1) is 0 Å². The van der Waals surface area contributed by atoms with E-state index >= 15 is 0 Å². The number of hydrogen-bond acceptors (Lipinski definition) is 4. The molecule has 5 heteroatoms. The predicted octanol–water partition coefficient (Wildman–Crippen LogP) is 1.30. The maximum Gasteiger partial charge on any atom is 0.155 e. The van der Waals surface area contributed by atoms with Gasteiger partial charge >= 0.3 is 0 Å². The van der Waals surface area contributed by atoms with Crippen molar-refractivity contribution in [2.75, 3.05) is 6.61 Å². The number of nitrogens with two attached hydrogens (primary N) is 1. The first-order valence-electron chi connectivity index (χ1n) is 6.52. The van der Waals surface area contributed by atoms with Gasteiger partial charge in [-0.05, 0) is 31.4 Å². The molecule has 18 heavy (non-hydrogen) atoms. The summed E-state index contributed by atoms with van der Waals surface area (Å²) >= 11 is 0. The molecule has 0 bridgehead atoms. The molecule has 3 heterocycles. The number of aromatic nitrogens is 3. The number of pyridine rings is 1. The van der Waals surface area contributed by atoms with E-state index in [1.807, 2.05) is 22.7 Å². The highest BCUT2D eigenvalue weighted by Crippen LogP contribution is 2.16. The van der Waals surface area contributed by atoms with E-state index in [4.69, 9.17) is 10.5 Å². The zero-order valence-corrected chi connectivity index (χ0v) is 10.4. The average molecular weight is 246 g/mol. The molecule has 1 saturated heterocycles. The lowest BCUT2D eigenvalue weighted by atomic mass is 10.1. The molecule has 0 radical (unpaired) electrons. The summed E-state index contributed by atoms with van der Waals surface area (Å²) in [6.07, 6.45) is 4.60. The normalized spacial score (nSPS) is 20.4. The lowest BCUT2D eigenvalue weighted by Crippen LogP contribution is -2.21. The van der Waals surface area contributed by atoms with Gasteiger partial charge in [0.1, 0.15) is 0 Å². The smallest absolute Gasteiger partial charge is 0.155 e. The number of fused-ring (bicyclic) bond motifs is 1. The number of ether oxygens (including phenoxy) is 1. The van der Waals surface area contributed by atoms with Crippen molar-refractivity contribution in [2.24, 2.45) is 5.73 Å². The van der Waals surface area contributed by atoms with E-state index in [-0.39, 0.29) is 6.10 Å². The van der Waals surface area contributed by atoms with E-state index < -0.39 is 0 Å². The highest BCUT2D eigenvalue weighted by atomic mass is 16.5. The predicted molar refractivity (Wildman–Crippen MR) is 68.2 cm³/mol. The Bertz CT molecular complexity index is 531. The van der Waals surface area contributed by atoms with Crippen LogP contribution in [0.2, 0.25) is 0 Å². The fourth-order valence-electron chi connectivity index (χ4n) is 2.42. The van der Waals surface area contributed by atoms with E-state index in [0.29, 0.717) is 6.54 Å². The van der Waals surface area contributed by atoms with Gasteiger partial charge < -0.3 is 10.5 Å². The van der Waals surface area contributed by atoms with Gasteiger partial charge in [-0.3, -0.25) is 0 Å². The van der Waals surface area contributed by atoms with Gasteiger partial charge in [-0.25, -0.2) is 9.50 Å². The van der Waals surface area contributed by atoms with Gasteiger partial charge in [0.2, 0.25) is 0 Å². The number of nitrogens with zero attached hydrogens (tertiary/aromatic N) is 3. The van der Waals surface area contributed by atoms with Gasteiger partial charge in [-0.2, -0.15) is 5.10 Å². The largest absolute Gasteiger partial charge is 0.378 e. The van der Waals surface area contributed by atoms with Crippen LogP contribution in [0.5, 0.6) is 0 Å². The topological polar surface area (TPSA) is 65.4 Å². The van der Waals surface area contributed by atoms with Crippen molar-refractivity contribution in [3.05, 3.63) is 29.7 Å². The molecule has 1 atom stereocenters. The van der Waals surface area contributed by atoms with Crippen LogP contribution in [-0.4, -0.2) is 27.3 Å². The molecular weight excluding hydrogens is 228 g/mol. The summed E-state index contributed by atoms with van der Waals surface area (Å²) in [6, 6.07) is 5.90. The van der Waals surface area contributed by atoms with Crippen molar-refractivity contribution in [3.8, 4) is 0 Å². The fourth-order valence-corrected chi connectivity index (χ4v) is 2.42. The van der Waals surface area contributed by atoms with Crippen LogP contribution in [0.25, 0.3) is 5.65 Å². The summed E-state index contributed by atoms with van der Waals surface area (Å²) in [6.45, 7) is 1.34. The Balaban J connectivity index is 1.84. The van der Waals surface area contributed by atoms with E-state index in [0.717, 1.165) is 36.6 Å². The standard InChI is InChI=1S/C13H18N4O/c14-9-10-4-3-6-13-15-12(16-17(10)13)8-11-5-1-2-7-18-11/h3-4,6,11H,1-2,5,7-9,14H2. The SMILES string of the molecule is NCc1cccc2nc(CC3CCCCO3)nn12. The first-order chi connectivity index (χ1) is 8.86. The monoisotopic (exact) mass is 246 g/mol. The van der Waals surface area contributed by atoms with Crippen molar-refractivity contribution in [2.45, 2.75) is 38.3 Å². The van der Waals surface area contributed by atoms with Gasteiger partial charge in [0.25, 0.3) is 0 Å². The Morgan fingerprint density at radius 1 is 1.39 bits per heavy atom. The van der Waals surface area contributed by atoms with Crippen molar-refractivity contribution in [1.29, 1.82) is 0 Å². The Labute approximate surface area is 106 Å². The van der Waals surface area contributed by atoms with E-state index in [1.165, 1.54) is 12.8 Å². The second-order valence-electron chi connectivity index (χ2n) is 4.71.